The Hall–Kier alpha value is -3.89. The molecule has 32 heavy (non-hydrogen) atoms. The predicted molar refractivity (Wildman–Crippen MR) is 108 cm³/mol. The van der Waals surface area contributed by atoms with Gasteiger partial charge in [0.25, 0.3) is 5.89 Å². The van der Waals surface area contributed by atoms with Gasteiger partial charge in [0.2, 0.25) is 11.8 Å². The summed E-state index contributed by atoms with van der Waals surface area (Å²) in [6, 6.07) is 10.1. The molecule has 1 amide bonds. The Kier molecular flexibility index (Phi) is 4.43. The third-order valence-corrected chi connectivity index (χ3v) is 5.53. The van der Waals surface area contributed by atoms with Crippen molar-refractivity contribution in [1.29, 1.82) is 0 Å². The van der Waals surface area contributed by atoms with E-state index in [0.717, 1.165) is 12.1 Å². The highest BCUT2D eigenvalue weighted by Gasteiger charge is 2.44. The quantitative estimate of drug-likeness (QED) is 0.497. The molecule has 4 aromatic rings. The second-order valence-corrected chi connectivity index (χ2v) is 7.70. The summed E-state index contributed by atoms with van der Waals surface area (Å²) in [5, 5.41) is 18.5. The summed E-state index contributed by atoms with van der Waals surface area (Å²) in [5.41, 5.74) is 0.226. The molecule has 1 aliphatic rings. The Balaban J connectivity index is 1.55. The molecule has 2 N–H and O–H groups in total. The average Bonchev–Trinajstić information content (AvgIpc) is 3.47. The van der Waals surface area contributed by atoms with E-state index in [0.29, 0.717) is 35.6 Å². The fourth-order valence-electron chi connectivity index (χ4n) is 3.64. The number of hydrogen-bond acceptors (Lipinski definition) is 6. The number of benzene rings is 1. The van der Waals surface area contributed by atoms with Gasteiger partial charge in [0.05, 0.1) is 16.8 Å². The van der Waals surface area contributed by atoms with Crippen molar-refractivity contribution in [2.75, 3.05) is 11.9 Å². The molecule has 1 saturated heterocycles. The van der Waals surface area contributed by atoms with Gasteiger partial charge >= 0.3 is 6.18 Å². The number of hydrogen-bond donors (Lipinski definition) is 2. The molecular weight excluding hydrogens is 425 g/mol. The number of pyridine rings is 1. The van der Waals surface area contributed by atoms with Gasteiger partial charge in [-0.1, -0.05) is 6.07 Å². The third kappa shape index (κ3) is 3.26. The number of nitrogens with one attached hydrogen (secondary N) is 2. The molecule has 3 aromatic heterocycles. The van der Waals surface area contributed by atoms with E-state index < -0.39 is 17.2 Å². The van der Waals surface area contributed by atoms with Crippen LogP contribution in [0.15, 0.2) is 53.1 Å². The highest BCUT2D eigenvalue weighted by molar-refractivity contribution is 5.89. The van der Waals surface area contributed by atoms with Crippen LogP contribution in [-0.2, 0) is 16.4 Å². The first kappa shape index (κ1) is 20.0. The molecule has 1 atom stereocenters. The first-order chi connectivity index (χ1) is 15.3. The van der Waals surface area contributed by atoms with Crippen LogP contribution in [0.3, 0.4) is 0 Å². The number of carbonyl (C=O) groups excluding carboxylic acids is 1. The molecule has 1 aromatic carbocycles. The van der Waals surface area contributed by atoms with Crippen molar-refractivity contribution in [3.8, 4) is 11.6 Å². The number of anilines is 2. The van der Waals surface area contributed by atoms with Crippen LogP contribution in [-0.4, -0.2) is 32.3 Å². The summed E-state index contributed by atoms with van der Waals surface area (Å²) in [6.45, 7) is 2.25. The summed E-state index contributed by atoms with van der Waals surface area (Å²) in [6.07, 6.45) is -2.17. The van der Waals surface area contributed by atoms with Crippen molar-refractivity contribution in [2.24, 2.45) is 0 Å². The van der Waals surface area contributed by atoms with E-state index in [9.17, 15) is 18.0 Å². The van der Waals surface area contributed by atoms with Gasteiger partial charge in [0, 0.05) is 18.4 Å². The molecule has 0 saturated carbocycles. The van der Waals surface area contributed by atoms with Gasteiger partial charge in [0.1, 0.15) is 5.41 Å². The lowest BCUT2D eigenvalue weighted by molar-refractivity contribution is -0.137. The zero-order chi connectivity index (χ0) is 22.5. The van der Waals surface area contributed by atoms with Crippen LogP contribution in [0.5, 0.6) is 0 Å². The Labute approximate surface area is 179 Å². The number of alkyl halides is 3. The monoisotopic (exact) mass is 442 g/mol. The number of halogens is 3. The molecule has 1 aliphatic heterocycles. The van der Waals surface area contributed by atoms with Gasteiger partial charge in [-0.15, -0.1) is 10.2 Å². The molecule has 0 bridgehead atoms. The van der Waals surface area contributed by atoms with Crippen molar-refractivity contribution in [3.63, 3.8) is 0 Å². The first-order valence-corrected chi connectivity index (χ1v) is 9.80. The molecule has 0 spiro atoms. The van der Waals surface area contributed by atoms with Crippen LogP contribution in [0.25, 0.3) is 17.1 Å². The Morgan fingerprint density at radius 1 is 1.16 bits per heavy atom. The van der Waals surface area contributed by atoms with E-state index in [1.54, 1.807) is 29.8 Å². The maximum Gasteiger partial charge on any atom is 0.416 e. The van der Waals surface area contributed by atoms with Crippen molar-refractivity contribution in [1.82, 2.24) is 25.1 Å². The van der Waals surface area contributed by atoms with Gasteiger partial charge in [-0.25, -0.2) is 4.52 Å². The van der Waals surface area contributed by atoms with E-state index in [1.165, 1.54) is 12.1 Å². The minimum Gasteiger partial charge on any atom is -0.418 e. The van der Waals surface area contributed by atoms with Crippen molar-refractivity contribution < 1.29 is 22.4 Å². The molecule has 5 rings (SSSR count). The summed E-state index contributed by atoms with van der Waals surface area (Å²) >= 11 is 0. The summed E-state index contributed by atoms with van der Waals surface area (Å²) in [4.78, 5) is 12.2. The second-order valence-electron chi connectivity index (χ2n) is 7.70. The van der Waals surface area contributed by atoms with Gasteiger partial charge in [0.15, 0.2) is 5.69 Å². The van der Waals surface area contributed by atoms with Crippen LogP contribution < -0.4 is 10.6 Å². The fraction of sp³-hybridized carbons (Fsp3) is 0.238. The first-order valence-electron chi connectivity index (χ1n) is 9.80. The van der Waals surface area contributed by atoms with Gasteiger partial charge < -0.3 is 15.1 Å². The summed E-state index contributed by atoms with van der Waals surface area (Å²) < 4.78 is 46.1. The van der Waals surface area contributed by atoms with E-state index in [2.05, 4.69) is 25.9 Å². The molecule has 0 aliphatic carbocycles. The van der Waals surface area contributed by atoms with E-state index in [1.807, 2.05) is 6.07 Å². The largest absolute Gasteiger partial charge is 0.418 e. The highest BCUT2D eigenvalue weighted by atomic mass is 19.4. The average molecular weight is 442 g/mol. The Morgan fingerprint density at radius 3 is 2.62 bits per heavy atom. The van der Waals surface area contributed by atoms with E-state index in [-0.39, 0.29) is 17.7 Å². The number of amides is 1. The SMILES string of the molecule is CC1(c2nnc(-c3nn4ccccc4c3Nc3ccc(C(F)(F)F)cc3)o2)CCNC1=O. The molecule has 8 nitrogen and oxygen atoms in total. The van der Waals surface area contributed by atoms with Crippen molar-refractivity contribution >= 4 is 22.8 Å². The lowest BCUT2D eigenvalue weighted by atomic mass is 9.89. The zero-order valence-corrected chi connectivity index (χ0v) is 16.8. The maximum atomic E-state index is 12.9. The van der Waals surface area contributed by atoms with E-state index >= 15 is 0 Å². The Bertz CT molecular complexity index is 1310. The highest BCUT2D eigenvalue weighted by Crippen LogP contribution is 2.37. The predicted octanol–water partition coefficient (Wildman–Crippen LogP) is 3.92. The van der Waals surface area contributed by atoms with E-state index in [4.69, 9.17) is 4.42 Å². The summed E-state index contributed by atoms with van der Waals surface area (Å²) in [7, 11) is 0. The van der Waals surface area contributed by atoms with Gasteiger partial charge in [-0.3, -0.25) is 4.79 Å². The van der Waals surface area contributed by atoms with Crippen molar-refractivity contribution in [3.05, 3.63) is 60.1 Å². The number of carbonyl (C=O) groups is 1. The lowest BCUT2D eigenvalue weighted by Crippen LogP contribution is -2.32. The van der Waals surface area contributed by atoms with Gasteiger partial charge in [-0.05, 0) is 49.7 Å². The van der Waals surface area contributed by atoms with Crippen LogP contribution in [0.4, 0.5) is 24.5 Å². The maximum absolute atomic E-state index is 12.9. The molecule has 1 fully saturated rings. The minimum absolute atomic E-state index is 0.0963. The fourth-order valence-corrected chi connectivity index (χ4v) is 3.64. The van der Waals surface area contributed by atoms with Crippen LogP contribution in [0.1, 0.15) is 24.8 Å². The second kappa shape index (κ2) is 7.08. The smallest absolute Gasteiger partial charge is 0.416 e. The third-order valence-electron chi connectivity index (χ3n) is 5.53. The van der Waals surface area contributed by atoms with Gasteiger partial charge in [-0.2, -0.15) is 18.3 Å². The normalized spacial score (nSPS) is 18.8. The van der Waals surface area contributed by atoms with Crippen molar-refractivity contribution in [2.45, 2.75) is 24.9 Å². The molecule has 11 heteroatoms. The molecule has 4 heterocycles. The van der Waals surface area contributed by atoms with Crippen LogP contribution >= 0.6 is 0 Å². The lowest BCUT2D eigenvalue weighted by Gasteiger charge is -2.14. The standard InChI is InChI=1S/C21H17F3N6O2/c1-20(9-10-25-18(20)31)19-28-27-17(32-19)16-15(14-4-2-3-11-30(14)29-16)26-13-7-5-12(6-8-13)21(22,23)24/h2-8,11,26H,9-10H2,1H3,(H,25,31). The molecule has 1 unspecified atom stereocenters. The number of nitrogens with zero attached hydrogens (tertiary/aromatic N) is 4. The topological polar surface area (TPSA) is 97.3 Å². The minimum atomic E-state index is -4.42. The van der Waals surface area contributed by atoms with Crippen LogP contribution in [0, 0.1) is 0 Å². The number of aromatic nitrogens is 4. The number of fused-ring (bicyclic) bond motifs is 1. The molecule has 0 radical (unpaired) electrons. The Morgan fingerprint density at radius 2 is 1.94 bits per heavy atom. The molecular formula is C21H17F3N6O2. The molecule has 164 valence electrons. The zero-order valence-electron chi connectivity index (χ0n) is 16.8. The van der Waals surface area contributed by atoms with Crippen LogP contribution in [0.2, 0.25) is 0 Å². The summed E-state index contributed by atoms with van der Waals surface area (Å²) in [5.74, 6) is 0.0878. The number of rotatable bonds is 4.